The minimum Gasteiger partial charge on any atom is -0.497 e. The maximum absolute atomic E-state index is 6.56. The molecule has 0 bridgehead atoms. The first-order valence-corrected chi connectivity index (χ1v) is 10.6. The fraction of sp³-hybridized carbons (Fsp3) is 0.0833. The number of nitrogens with one attached hydrogen (secondary N) is 1. The van der Waals surface area contributed by atoms with E-state index in [1.54, 1.807) is 18.0 Å². The maximum Gasteiger partial charge on any atom is 0.225 e. The molecule has 5 aromatic rings. The van der Waals surface area contributed by atoms with Crippen LogP contribution in [0.15, 0.2) is 72.9 Å². The Morgan fingerprint density at radius 3 is 2.48 bits per heavy atom. The van der Waals surface area contributed by atoms with Gasteiger partial charge in [0, 0.05) is 16.8 Å². The first-order chi connectivity index (χ1) is 16.1. The molecule has 33 heavy (non-hydrogen) atoms. The van der Waals surface area contributed by atoms with Crippen molar-refractivity contribution in [1.29, 1.82) is 0 Å². The topological polar surface area (TPSA) is 104 Å². The Kier molecular flexibility index (Phi) is 5.50. The van der Waals surface area contributed by atoms with E-state index in [0.717, 1.165) is 22.7 Å². The largest absolute Gasteiger partial charge is 0.497 e. The molecule has 3 heterocycles. The van der Waals surface area contributed by atoms with Gasteiger partial charge in [-0.15, -0.1) is 5.10 Å². The van der Waals surface area contributed by atoms with E-state index in [2.05, 4.69) is 20.4 Å². The predicted octanol–water partition coefficient (Wildman–Crippen LogP) is 4.73. The van der Waals surface area contributed by atoms with E-state index in [-0.39, 0.29) is 0 Å². The van der Waals surface area contributed by atoms with Gasteiger partial charge < -0.3 is 15.8 Å². The summed E-state index contributed by atoms with van der Waals surface area (Å²) in [6.07, 6.45) is 1.75. The van der Waals surface area contributed by atoms with Crippen molar-refractivity contribution in [3.05, 3.63) is 83.6 Å². The van der Waals surface area contributed by atoms with Gasteiger partial charge in [-0.25, -0.2) is 9.67 Å². The van der Waals surface area contributed by atoms with Gasteiger partial charge in [0.2, 0.25) is 5.95 Å². The van der Waals surface area contributed by atoms with E-state index in [9.17, 15) is 0 Å². The Bertz CT molecular complexity index is 1400. The number of pyridine rings is 1. The Morgan fingerprint density at radius 1 is 1.00 bits per heavy atom. The number of benzene rings is 2. The molecule has 164 valence electrons. The average Bonchev–Trinajstić information content (AvgIpc) is 3.19. The van der Waals surface area contributed by atoms with E-state index in [1.165, 1.54) is 0 Å². The highest BCUT2D eigenvalue weighted by Gasteiger charge is 2.19. The van der Waals surface area contributed by atoms with Gasteiger partial charge in [0.05, 0.1) is 36.1 Å². The van der Waals surface area contributed by atoms with Crippen LogP contribution in [0.1, 0.15) is 5.69 Å². The molecule has 9 heteroatoms. The smallest absolute Gasteiger partial charge is 0.225 e. The summed E-state index contributed by atoms with van der Waals surface area (Å²) >= 11 is 6.10. The van der Waals surface area contributed by atoms with Crippen molar-refractivity contribution in [3.63, 3.8) is 0 Å². The lowest BCUT2D eigenvalue weighted by atomic mass is 10.1. The molecular formula is C24H20ClN7O. The first-order valence-electron chi connectivity index (χ1n) is 10.2. The van der Waals surface area contributed by atoms with Crippen LogP contribution in [0, 0.1) is 0 Å². The summed E-state index contributed by atoms with van der Waals surface area (Å²) in [4.78, 5) is 13.7. The monoisotopic (exact) mass is 457 g/mol. The number of nitrogens with two attached hydrogens (primary N) is 1. The molecule has 0 aliphatic heterocycles. The number of rotatable bonds is 6. The summed E-state index contributed by atoms with van der Waals surface area (Å²) in [6, 6.07) is 20.7. The number of nitrogens with zero attached hydrogens (tertiary/aromatic N) is 5. The molecule has 2 aromatic carbocycles. The SMILES string of the molecule is COc1ccc(-n2nc3nc(NCc4ccccn4)nc(-c4ccc(Cl)cc4)c3c2N)cc1. The highest BCUT2D eigenvalue weighted by Crippen LogP contribution is 2.33. The standard InChI is InChI=1S/C24H20ClN7O/c1-33-19-11-9-18(10-12-19)32-22(26)20-21(15-5-7-16(25)8-6-15)29-24(30-23(20)31-32)28-14-17-4-2-3-13-27-17/h2-13H,14,26H2,1H3,(H,28,30,31). The molecule has 0 saturated carbocycles. The zero-order valence-corrected chi connectivity index (χ0v) is 18.5. The normalized spacial score (nSPS) is 11.0. The van der Waals surface area contributed by atoms with Crippen molar-refractivity contribution < 1.29 is 4.74 Å². The first kappa shape index (κ1) is 20.7. The molecule has 0 saturated heterocycles. The van der Waals surface area contributed by atoms with Crippen molar-refractivity contribution in [2.75, 3.05) is 18.2 Å². The zero-order valence-electron chi connectivity index (χ0n) is 17.7. The molecule has 0 radical (unpaired) electrons. The van der Waals surface area contributed by atoms with Gasteiger partial charge in [-0.1, -0.05) is 29.8 Å². The van der Waals surface area contributed by atoms with Crippen LogP contribution in [0.5, 0.6) is 5.75 Å². The average molecular weight is 458 g/mol. The summed E-state index contributed by atoms with van der Waals surface area (Å²) in [5, 5.41) is 9.22. The number of hydrogen-bond acceptors (Lipinski definition) is 7. The van der Waals surface area contributed by atoms with Crippen molar-refractivity contribution in [2.24, 2.45) is 0 Å². The molecule has 0 aliphatic rings. The summed E-state index contributed by atoms with van der Waals surface area (Å²) in [6.45, 7) is 0.473. The molecule has 0 aliphatic carbocycles. The molecule has 3 aromatic heterocycles. The summed E-state index contributed by atoms with van der Waals surface area (Å²) in [5.74, 6) is 1.62. The van der Waals surface area contributed by atoms with Crippen LogP contribution in [0.3, 0.4) is 0 Å². The van der Waals surface area contributed by atoms with Crippen LogP contribution in [0.25, 0.3) is 28.0 Å². The van der Waals surface area contributed by atoms with Crippen LogP contribution >= 0.6 is 11.6 Å². The van der Waals surface area contributed by atoms with E-state index in [4.69, 9.17) is 27.1 Å². The zero-order chi connectivity index (χ0) is 22.8. The van der Waals surface area contributed by atoms with Crippen molar-refractivity contribution in [3.8, 4) is 22.7 Å². The quantitative estimate of drug-likeness (QED) is 0.379. The third kappa shape index (κ3) is 4.16. The third-order valence-corrected chi connectivity index (χ3v) is 5.41. The number of fused-ring (bicyclic) bond motifs is 1. The van der Waals surface area contributed by atoms with Gasteiger partial charge in [-0.05, 0) is 48.5 Å². The van der Waals surface area contributed by atoms with Gasteiger partial charge in [0.1, 0.15) is 11.6 Å². The highest BCUT2D eigenvalue weighted by atomic mass is 35.5. The fourth-order valence-electron chi connectivity index (χ4n) is 3.50. The summed E-state index contributed by atoms with van der Waals surface area (Å²) in [7, 11) is 1.62. The van der Waals surface area contributed by atoms with Gasteiger partial charge in [-0.2, -0.15) is 4.98 Å². The van der Waals surface area contributed by atoms with Crippen molar-refractivity contribution in [2.45, 2.75) is 6.54 Å². The van der Waals surface area contributed by atoms with E-state index < -0.39 is 0 Å². The van der Waals surface area contributed by atoms with Crippen LogP contribution in [-0.2, 0) is 6.54 Å². The Morgan fingerprint density at radius 2 is 1.79 bits per heavy atom. The fourth-order valence-corrected chi connectivity index (χ4v) is 3.63. The predicted molar refractivity (Wildman–Crippen MR) is 130 cm³/mol. The molecule has 8 nitrogen and oxygen atoms in total. The Hall–Kier alpha value is -4.17. The second-order valence-corrected chi connectivity index (χ2v) is 7.71. The van der Waals surface area contributed by atoms with Gasteiger partial charge in [0.15, 0.2) is 5.65 Å². The van der Waals surface area contributed by atoms with Crippen molar-refractivity contribution >= 4 is 34.4 Å². The minimum absolute atomic E-state index is 0.428. The van der Waals surface area contributed by atoms with E-state index >= 15 is 0 Å². The summed E-state index contributed by atoms with van der Waals surface area (Å²) < 4.78 is 6.91. The molecule has 0 unspecified atom stereocenters. The van der Waals surface area contributed by atoms with E-state index in [1.807, 2.05) is 66.7 Å². The maximum atomic E-state index is 6.56. The second kappa shape index (κ2) is 8.76. The second-order valence-electron chi connectivity index (χ2n) is 7.27. The van der Waals surface area contributed by atoms with Crippen LogP contribution < -0.4 is 15.8 Å². The van der Waals surface area contributed by atoms with Gasteiger partial charge in [0.25, 0.3) is 0 Å². The number of ether oxygens (including phenoxy) is 1. The molecule has 0 fully saturated rings. The summed E-state index contributed by atoms with van der Waals surface area (Å²) in [5.41, 5.74) is 10.2. The third-order valence-electron chi connectivity index (χ3n) is 5.16. The van der Waals surface area contributed by atoms with Gasteiger partial charge >= 0.3 is 0 Å². The van der Waals surface area contributed by atoms with Crippen molar-refractivity contribution in [1.82, 2.24) is 24.7 Å². The lowest BCUT2D eigenvalue weighted by molar-refractivity contribution is 0.414. The van der Waals surface area contributed by atoms with Crippen LogP contribution in [0.4, 0.5) is 11.8 Å². The Balaban J connectivity index is 1.63. The number of halogens is 1. The minimum atomic E-state index is 0.428. The number of nitrogen functional groups attached to an aromatic ring is 1. The molecule has 5 rings (SSSR count). The molecular weight excluding hydrogens is 438 g/mol. The van der Waals surface area contributed by atoms with Gasteiger partial charge in [-0.3, -0.25) is 4.98 Å². The highest BCUT2D eigenvalue weighted by molar-refractivity contribution is 6.30. The Labute approximate surface area is 195 Å². The number of hydrogen-bond donors (Lipinski definition) is 2. The molecule has 0 spiro atoms. The lowest BCUT2D eigenvalue weighted by Crippen LogP contribution is -2.06. The number of anilines is 2. The van der Waals surface area contributed by atoms with Crippen LogP contribution in [-0.4, -0.2) is 31.8 Å². The molecule has 0 amide bonds. The number of aromatic nitrogens is 5. The molecule has 3 N–H and O–H groups in total. The van der Waals surface area contributed by atoms with E-state index in [0.29, 0.717) is 40.1 Å². The molecule has 0 atom stereocenters. The lowest BCUT2D eigenvalue weighted by Gasteiger charge is -2.09. The number of methoxy groups -OCH3 is 1. The van der Waals surface area contributed by atoms with Crippen LogP contribution in [0.2, 0.25) is 5.02 Å².